The highest BCUT2D eigenvalue weighted by Crippen LogP contribution is 2.28. The summed E-state index contributed by atoms with van der Waals surface area (Å²) in [6, 6.07) is 16.7. The molecule has 1 amide bonds. The number of benzene rings is 2. The van der Waals surface area contributed by atoms with Crippen molar-refractivity contribution in [2.45, 2.75) is 0 Å². The molecule has 1 aliphatic heterocycles. The van der Waals surface area contributed by atoms with Gasteiger partial charge in [0, 0.05) is 42.5 Å². The first-order valence-corrected chi connectivity index (χ1v) is 9.97. The summed E-state index contributed by atoms with van der Waals surface area (Å²) in [5.74, 6) is 0.735. The molecule has 0 spiro atoms. The standard InChI is InChI=1S/C21H22ClN7O/c22-16-7-4-8-17(13-16)28-9-11-29(12-10-28)20-18(23)19(24-14-25-20)26-27-21(30)15-5-2-1-3-6-15/h1-8,13-14H,9-12,23H2,(H,27,30)(H,24,25,26). The fourth-order valence-electron chi connectivity index (χ4n) is 3.36. The second kappa shape index (κ2) is 8.87. The van der Waals surface area contributed by atoms with Crippen LogP contribution in [0.4, 0.5) is 23.0 Å². The number of amides is 1. The summed E-state index contributed by atoms with van der Waals surface area (Å²) >= 11 is 6.11. The highest BCUT2D eigenvalue weighted by molar-refractivity contribution is 6.30. The molecular formula is C21H22ClN7O. The first-order chi connectivity index (χ1) is 14.6. The van der Waals surface area contributed by atoms with E-state index in [9.17, 15) is 4.79 Å². The van der Waals surface area contributed by atoms with Crippen molar-refractivity contribution in [3.05, 3.63) is 71.5 Å². The Labute approximate surface area is 179 Å². The van der Waals surface area contributed by atoms with Crippen molar-refractivity contribution in [1.82, 2.24) is 15.4 Å². The smallest absolute Gasteiger partial charge is 0.269 e. The summed E-state index contributed by atoms with van der Waals surface area (Å²) < 4.78 is 0. The zero-order valence-electron chi connectivity index (χ0n) is 16.3. The lowest BCUT2D eigenvalue weighted by Gasteiger charge is -2.37. The summed E-state index contributed by atoms with van der Waals surface area (Å²) in [5.41, 5.74) is 13.7. The average Bonchev–Trinajstić information content (AvgIpc) is 2.79. The molecule has 1 aliphatic rings. The fraction of sp³-hybridized carbons (Fsp3) is 0.190. The van der Waals surface area contributed by atoms with Crippen molar-refractivity contribution in [2.75, 3.05) is 47.1 Å². The molecule has 9 heteroatoms. The van der Waals surface area contributed by atoms with Crippen LogP contribution in [0.15, 0.2) is 60.9 Å². The number of aromatic nitrogens is 2. The number of hydrogen-bond donors (Lipinski definition) is 3. The van der Waals surface area contributed by atoms with Crippen LogP contribution in [0.5, 0.6) is 0 Å². The van der Waals surface area contributed by atoms with Crippen molar-refractivity contribution in [3.63, 3.8) is 0 Å². The topological polar surface area (TPSA) is 99.4 Å². The van der Waals surface area contributed by atoms with Gasteiger partial charge in [-0.1, -0.05) is 35.9 Å². The Morgan fingerprint density at radius 2 is 1.70 bits per heavy atom. The number of anilines is 4. The zero-order valence-corrected chi connectivity index (χ0v) is 17.0. The predicted octanol–water partition coefficient (Wildman–Crippen LogP) is 2.80. The number of halogens is 1. The number of piperazine rings is 1. The molecule has 2 heterocycles. The Morgan fingerprint density at radius 1 is 0.967 bits per heavy atom. The van der Waals surface area contributed by atoms with E-state index in [0.29, 0.717) is 22.9 Å². The number of hydrazine groups is 1. The minimum atomic E-state index is -0.273. The number of rotatable bonds is 5. The molecular weight excluding hydrogens is 402 g/mol. The second-order valence-corrected chi connectivity index (χ2v) is 7.30. The molecule has 0 aliphatic carbocycles. The van der Waals surface area contributed by atoms with E-state index in [1.54, 1.807) is 24.3 Å². The molecule has 8 nitrogen and oxygen atoms in total. The Bertz CT molecular complexity index is 1020. The molecule has 0 unspecified atom stereocenters. The third kappa shape index (κ3) is 4.38. The highest BCUT2D eigenvalue weighted by Gasteiger charge is 2.22. The van der Waals surface area contributed by atoms with Crippen molar-refractivity contribution in [1.29, 1.82) is 0 Å². The van der Waals surface area contributed by atoms with Gasteiger partial charge in [0.15, 0.2) is 11.6 Å². The highest BCUT2D eigenvalue weighted by atomic mass is 35.5. The molecule has 0 radical (unpaired) electrons. The Hall–Kier alpha value is -3.52. The van der Waals surface area contributed by atoms with Gasteiger partial charge < -0.3 is 15.5 Å². The Morgan fingerprint density at radius 3 is 2.43 bits per heavy atom. The van der Waals surface area contributed by atoms with Crippen LogP contribution in [-0.4, -0.2) is 42.1 Å². The van der Waals surface area contributed by atoms with Gasteiger partial charge in [0.2, 0.25) is 0 Å². The number of carbonyl (C=O) groups excluding carboxylic acids is 1. The largest absolute Gasteiger partial charge is 0.393 e. The van der Waals surface area contributed by atoms with E-state index in [1.807, 2.05) is 24.3 Å². The molecule has 154 valence electrons. The molecule has 1 aromatic heterocycles. The number of nitrogens with zero attached hydrogens (tertiary/aromatic N) is 4. The van der Waals surface area contributed by atoms with Gasteiger partial charge in [-0.05, 0) is 30.3 Å². The molecule has 4 N–H and O–H groups in total. The number of carbonyl (C=O) groups is 1. The van der Waals surface area contributed by atoms with Gasteiger partial charge in [0.1, 0.15) is 12.0 Å². The molecule has 3 aromatic rings. The van der Waals surface area contributed by atoms with Gasteiger partial charge in [-0.25, -0.2) is 9.97 Å². The van der Waals surface area contributed by atoms with Gasteiger partial charge in [-0.2, -0.15) is 0 Å². The second-order valence-electron chi connectivity index (χ2n) is 6.86. The summed E-state index contributed by atoms with van der Waals surface area (Å²) in [6.07, 6.45) is 1.44. The van der Waals surface area contributed by atoms with Crippen LogP contribution in [-0.2, 0) is 0 Å². The van der Waals surface area contributed by atoms with Crippen molar-refractivity contribution in [2.24, 2.45) is 0 Å². The van der Waals surface area contributed by atoms with Crippen LogP contribution in [0.3, 0.4) is 0 Å². The minimum Gasteiger partial charge on any atom is -0.393 e. The maximum Gasteiger partial charge on any atom is 0.269 e. The summed E-state index contributed by atoms with van der Waals surface area (Å²) in [7, 11) is 0. The van der Waals surface area contributed by atoms with E-state index >= 15 is 0 Å². The fourth-order valence-corrected chi connectivity index (χ4v) is 3.55. The molecule has 2 aromatic carbocycles. The normalized spacial score (nSPS) is 13.8. The quantitative estimate of drug-likeness (QED) is 0.542. The Balaban J connectivity index is 1.40. The minimum absolute atomic E-state index is 0.273. The van der Waals surface area contributed by atoms with Crippen molar-refractivity contribution in [3.8, 4) is 0 Å². The van der Waals surface area contributed by atoms with Crippen LogP contribution in [0, 0.1) is 0 Å². The first kappa shape index (κ1) is 19.8. The molecule has 1 saturated heterocycles. The third-order valence-electron chi connectivity index (χ3n) is 4.95. The lowest BCUT2D eigenvalue weighted by molar-refractivity contribution is 0.0962. The monoisotopic (exact) mass is 423 g/mol. The van der Waals surface area contributed by atoms with E-state index in [2.05, 4.69) is 36.7 Å². The van der Waals surface area contributed by atoms with Crippen molar-refractivity contribution >= 4 is 40.5 Å². The molecule has 0 bridgehead atoms. The van der Waals surface area contributed by atoms with Crippen LogP contribution < -0.4 is 26.4 Å². The number of hydrogen-bond acceptors (Lipinski definition) is 7. The van der Waals surface area contributed by atoms with Gasteiger partial charge in [0.05, 0.1) is 0 Å². The van der Waals surface area contributed by atoms with E-state index in [1.165, 1.54) is 6.33 Å². The summed E-state index contributed by atoms with van der Waals surface area (Å²) in [5, 5.41) is 0.725. The van der Waals surface area contributed by atoms with E-state index in [-0.39, 0.29) is 5.91 Å². The van der Waals surface area contributed by atoms with E-state index in [0.717, 1.165) is 36.9 Å². The van der Waals surface area contributed by atoms with Gasteiger partial charge in [-0.3, -0.25) is 15.6 Å². The summed E-state index contributed by atoms with van der Waals surface area (Å²) in [6.45, 7) is 3.14. The number of nitrogens with two attached hydrogens (primary N) is 1. The van der Waals surface area contributed by atoms with Crippen molar-refractivity contribution < 1.29 is 4.79 Å². The maximum atomic E-state index is 12.2. The average molecular weight is 424 g/mol. The molecule has 30 heavy (non-hydrogen) atoms. The lowest BCUT2D eigenvalue weighted by atomic mass is 10.2. The lowest BCUT2D eigenvalue weighted by Crippen LogP contribution is -2.47. The van der Waals surface area contributed by atoms with Crippen LogP contribution >= 0.6 is 11.6 Å². The molecule has 4 rings (SSSR count). The van der Waals surface area contributed by atoms with E-state index < -0.39 is 0 Å². The van der Waals surface area contributed by atoms with Crippen LogP contribution in [0.1, 0.15) is 10.4 Å². The molecule has 0 saturated carbocycles. The van der Waals surface area contributed by atoms with Gasteiger partial charge >= 0.3 is 0 Å². The van der Waals surface area contributed by atoms with E-state index in [4.69, 9.17) is 17.3 Å². The van der Waals surface area contributed by atoms with Gasteiger partial charge in [0.25, 0.3) is 5.91 Å². The SMILES string of the molecule is Nc1c(NNC(=O)c2ccccc2)ncnc1N1CCN(c2cccc(Cl)c2)CC1. The maximum absolute atomic E-state index is 12.2. The third-order valence-corrected chi connectivity index (χ3v) is 5.18. The first-order valence-electron chi connectivity index (χ1n) is 9.59. The van der Waals surface area contributed by atoms with Crippen LogP contribution in [0.2, 0.25) is 5.02 Å². The molecule has 0 atom stereocenters. The predicted molar refractivity (Wildman–Crippen MR) is 120 cm³/mol. The molecule has 1 fully saturated rings. The van der Waals surface area contributed by atoms with Crippen LogP contribution in [0.25, 0.3) is 0 Å². The van der Waals surface area contributed by atoms with Gasteiger partial charge in [-0.15, -0.1) is 0 Å². The summed E-state index contributed by atoms with van der Waals surface area (Å²) in [4.78, 5) is 25.1. The zero-order chi connectivity index (χ0) is 20.9. The Kier molecular flexibility index (Phi) is 5.85. The number of nitrogen functional groups attached to an aromatic ring is 1. The number of nitrogens with one attached hydrogen (secondary N) is 2.